The zero-order chi connectivity index (χ0) is 13.7. The first-order chi connectivity index (χ1) is 9.75. The van der Waals surface area contributed by atoms with Gasteiger partial charge in [-0.1, -0.05) is 6.42 Å². The molecule has 1 aromatic heterocycles. The molecule has 0 radical (unpaired) electrons. The van der Waals surface area contributed by atoms with E-state index in [0.29, 0.717) is 35.1 Å². The normalized spacial score (nSPS) is 31.1. The number of amides is 1. The van der Waals surface area contributed by atoms with Crippen molar-refractivity contribution in [2.75, 3.05) is 6.54 Å². The molecule has 1 unspecified atom stereocenters. The molecule has 3 atom stereocenters. The van der Waals surface area contributed by atoms with Crippen LogP contribution in [0.2, 0.25) is 0 Å². The Balaban J connectivity index is 1.31. The second-order valence-electron chi connectivity index (χ2n) is 6.37. The second kappa shape index (κ2) is 4.69. The van der Waals surface area contributed by atoms with E-state index in [1.165, 1.54) is 32.1 Å². The number of rotatable bonds is 5. The molecule has 1 heterocycles. The Kier molecular flexibility index (Phi) is 2.94. The fourth-order valence-corrected chi connectivity index (χ4v) is 4.15. The minimum Gasteiger partial charge on any atom is -0.355 e. The van der Waals surface area contributed by atoms with Crippen molar-refractivity contribution in [3.8, 4) is 0 Å². The summed E-state index contributed by atoms with van der Waals surface area (Å²) >= 11 is 5.25. The number of carbonyl (C=O) groups is 1. The summed E-state index contributed by atoms with van der Waals surface area (Å²) in [7, 11) is 0. The van der Waals surface area contributed by atoms with Crippen molar-refractivity contribution >= 4 is 18.1 Å². The Labute approximate surface area is 123 Å². The van der Waals surface area contributed by atoms with Gasteiger partial charge in [0.15, 0.2) is 4.77 Å². The van der Waals surface area contributed by atoms with E-state index in [2.05, 4.69) is 20.1 Å². The molecule has 0 bridgehead atoms. The molecule has 3 fully saturated rings. The third-order valence-electron chi connectivity index (χ3n) is 5.05. The van der Waals surface area contributed by atoms with E-state index in [0.717, 1.165) is 12.2 Å². The predicted molar refractivity (Wildman–Crippen MR) is 76.7 cm³/mol. The second-order valence-corrected chi connectivity index (χ2v) is 6.76. The SMILES string of the molecule is O=C(NCCc1n[nH]c(=S)n1C1CC1)C1[C@H]2CCC[C@@H]12. The molecule has 108 valence electrons. The molecule has 3 aliphatic rings. The van der Waals surface area contributed by atoms with Gasteiger partial charge in [-0.2, -0.15) is 5.10 Å². The molecule has 0 saturated heterocycles. The molecule has 0 aromatic carbocycles. The summed E-state index contributed by atoms with van der Waals surface area (Å²) in [5.41, 5.74) is 0. The summed E-state index contributed by atoms with van der Waals surface area (Å²) in [6.45, 7) is 0.668. The maximum absolute atomic E-state index is 12.1. The van der Waals surface area contributed by atoms with Crippen molar-refractivity contribution < 1.29 is 4.79 Å². The van der Waals surface area contributed by atoms with Gasteiger partial charge in [-0.15, -0.1) is 0 Å². The van der Waals surface area contributed by atoms with Gasteiger partial charge in [0.05, 0.1) is 0 Å². The largest absolute Gasteiger partial charge is 0.355 e. The number of aromatic amines is 1. The lowest BCUT2D eigenvalue weighted by atomic mass is 10.1. The van der Waals surface area contributed by atoms with Gasteiger partial charge in [0.2, 0.25) is 5.91 Å². The molecule has 1 aromatic rings. The van der Waals surface area contributed by atoms with Crippen molar-refractivity contribution in [1.82, 2.24) is 20.1 Å². The molecular weight excluding hydrogens is 272 g/mol. The van der Waals surface area contributed by atoms with Gasteiger partial charge in [0, 0.05) is 24.9 Å². The Hall–Kier alpha value is -1.17. The Morgan fingerprint density at radius 2 is 2.10 bits per heavy atom. The standard InChI is InChI=1S/C14H20N4OS/c19-13(12-9-2-1-3-10(9)12)15-7-6-11-16-17-14(20)18(11)8-4-5-8/h8-10,12H,1-7H2,(H,15,19)(H,17,20)/t9-,10+,12?. The summed E-state index contributed by atoms with van der Waals surface area (Å²) in [5, 5.41) is 10.2. The van der Waals surface area contributed by atoms with Gasteiger partial charge in [-0.25, -0.2) is 0 Å². The summed E-state index contributed by atoms with van der Waals surface area (Å²) in [6.07, 6.45) is 6.97. The Morgan fingerprint density at radius 3 is 2.80 bits per heavy atom. The zero-order valence-corrected chi connectivity index (χ0v) is 12.3. The number of carbonyl (C=O) groups excluding carboxylic acids is 1. The molecule has 0 spiro atoms. The maximum atomic E-state index is 12.1. The van der Waals surface area contributed by atoms with Gasteiger partial charge in [0.25, 0.3) is 0 Å². The van der Waals surface area contributed by atoms with Crippen molar-refractivity contribution in [2.45, 2.75) is 44.6 Å². The third kappa shape index (κ3) is 2.10. The van der Waals surface area contributed by atoms with Crippen LogP contribution in [-0.4, -0.2) is 27.2 Å². The van der Waals surface area contributed by atoms with Crippen molar-refractivity contribution in [3.05, 3.63) is 10.6 Å². The first-order valence-corrected chi connectivity index (χ1v) is 8.10. The molecule has 3 aliphatic carbocycles. The summed E-state index contributed by atoms with van der Waals surface area (Å²) in [5.74, 6) is 2.93. The van der Waals surface area contributed by atoms with Crippen LogP contribution in [0.4, 0.5) is 0 Å². The molecule has 3 saturated carbocycles. The van der Waals surface area contributed by atoms with Crippen LogP contribution in [0.5, 0.6) is 0 Å². The summed E-state index contributed by atoms with van der Waals surface area (Å²) in [6, 6.07) is 0.537. The van der Waals surface area contributed by atoms with Crippen LogP contribution in [0.3, 0.4) is 0 Å². The average molecular weight is 292 g/mol. The lowest BCUT2D eigenvalue weighted by Gasteiger charge is -2.07. The van der Waals surface area contributed by atoms with Gasteiger partial charge >= 0.3 is 0 Å². The van der Waals surface area contributed by atoms with Crippen LogP contribution in [-0.2, 0) is 11.2 Å². The smallest absolute Gasteiger partial charge is 0.223 e. The Morgan fingerprint density at radius 1 is 1.35 bits per heavy atom. The highest BCUT2D eigenvalue weighted by atomic mass is 32.1. The van der Waals surface area contributed by atoms with Crippen LogP contribution >= 0.6 is 12.2 Å². The minimum absolute atomic E-state index is 0.256. The van der Waals surface area contributed by atoms with Crippen LogP contribution < -0.4 is 5.32 Å². The molecular formula is C14H20N4OS. The topological polar surface area (TPSA) is 62.7 Å². The van der Waals surface area contributed by atoms with E-state index in [1.54, 1.807) is 0 Å². The van der Waals surface area contributed by atoms with E-state index >= 15 is 0 Å². The molecule has 20 heavy (non-hydrogen) atoms. The van der Waals surface area contributed by atoms with Crippen LogP contribution in [0, 0.1) is 22.5 Å². The van der Waals surface area contributed by atoms with Crippen LogP contribution in [0.25, 0.3) is 0 Å². The number of nitrogens with one attached hydrogen (secondary N) is 2. The number of fused-ring (bicyclic) bond motifs is 1. The number of nitrogens with zero attached hydrogens (tertiary/aromatic N) is 2. The average Bonchev–Trinajstić information content (AvgIpc) is 3.32. The van der Waals surface area contributed by atoms with Crippen molar-refractivity contribution in [1.29, 1.82) is 0 Å². The Bertz CT molecular complexity index is 578. The van der Waals surface area contributed by atoms with E-state index in [4.69, 9.17) is 12.2 Å². The van der Waals surface area contributed by atoms with Gasteiger partial charge in [-0.05, 0) is 49.7 Å². The van der Waals surface area contributed by atoms with Crippen LogP contribution in [0.15, 0.2) is 0 Å². The lowest BCUT2D eigenvalue weighted by molar-refractivity contribution is -0.123. The molecule has 4 rings (SSSR count). The summed E-state index contributed by atoms with van der Waals surface area (Å²) in [4.78, 5) is 12.1. The van der Waals surface area contributed by atoms with Gasteiger partial charge in [0.1, 0.15) is 5.82 Å². The summed E-state index contributed by atoms with van der Waals surface area (Å²) < 4.78 is 2.83. The van der Waals surface area contributed by atoms with E-state index < -0.39 is 0 Å². The third-order valence-corrected chi connectivity index (χ3v) is 5.33. The molecule has 6 heteroatoms. The van der Waals surface area contributed by atoms with E-state index in [9.17, 15) is 4.79 Å². The maximum Gasteiger partial charge on any atom is 0.223 e. The first-order valence-electron chi connectivity index (χ1n) is 7.69. The monoisotopic (exact) mass is 292 g/mol. The molecule has 2 N–H and O–H groups in total. The number of aromatic nitrogens is 3. The fourth-order valence-electron chi connectivity index (χ4n) is 3.85. The van der Waals surface area contributed by atoms with Crippen molar-refractivity contribution in [3.63, 3.8) is 0 Å². The van der Waals surface area contributed by atoms with E-state index in [-0.39, 0.29) is 5.91 Å². The number of hydrogen-bond acceptors (Lipinski definition) is 3. The highest BCUT2D eigenvalue weighted by Gasteiger charge is 2.56. The predicted octanol–water partition coefficient (Wildman–Crippen LogP) is 1.98. The lowest BCUT2D eigenvalue weighted by Crippen LogP contribution is -2.29. The minimum atomic E-state index is 0.256. The zero-order valence-electron chi connectivity index (χ0n) is 11.5. The number of hydrogen-bond donors (Lipinski definition) is 2. The van der Waals surface area contributed by atoms with Gasteiger partial charge in [-0.3, -0.25) is 9.89 Å². The fraction of sp³-hybridized carbons (Fsp3) is 0.786. The van der Waals surface area contributed by atoms with Crippen molar-refractivity contribution in [2.24, 2.45) is 17.8 Å². The van der Waals surface area contributed by atoms with E-state index in [1.807, 2.05) is 0 Å². The van der Waals surface area contributed by atoms with Gasteiger partial charge < -0.3 is 9.88 Å². The van der Waals surface area contributed by atoms with Crippen LogP contribution in [0.1, 0.15) is 44.0 Å². The highest BCUT2D eigenvalue weighted by molar-refractivity contribution is 7.71. The molecule has 1 amide bonds. The highest BCUT2D eigenvalue weighted by Crippen LogP contribution is 2.57. The molecule has 0 aliphatic heterocycles. The number of H-pyrrole nitrogens is 1. The molecule has 5 nitrogen and oxygen atoms in total. The first kappa shape index (κ1) is 12.6. The quantitative estimate of drug-likeness (QED) is 0.816.